The van der Waals surface area contributed by atoms with Gasteiger partial charge >= 0.3 is 5.97 Å². The van der Waals surface area contributed by atoms with Crippen molar-refractivity contribution >= 4 is 25.6 Å². The Balaban J connectivity index is 2.16. The van der Waals surface area contributed by atoms with Gasteiger partial charge in [-0.15, -0.1) is 0 Å². The Morgan fingerprint density at radius 1 is 1.33 bits per heavy atom. The van der Waals surface area contributed by atoms with Crippen LogP contribution >= 0.6 is 0 Å². The first kappa shape index (κ1) is 17.0. The van der Waals surface area contributed by atoms with Crippen LogP contribution in [0.2, 0.25) is 25.2 Å². The van der Waals surface area contributed by atoms with E-state index in [0.717, 1.165) is 5.69 Å². The molecule has 130 valence electrons. The summed E-state index contributed by atoms with van der Waals surface area (Å²) in [5.74, 6) is -0.0186. The molecule has 2 aliphatic heterocycles. The van der Waals surface area contributed by atoms with E-state index in [2.05, 4.69) is 37.1 Å². The lowest BCUT2D eigenvalue weighted by Gasteiger charge is -2.39. The number of methoxy groups -OCH3 is 1. The average molecular weight is 347 g/mol. The van der Waals surface area contributed by atoms with Crippen molar-refractivity contribution in [1.29, 1.82) is 0 Å². The van der Waals surface area contributed by atoms with Crippen molar-refractivity contribution in [2.24, 2.45) is 0 Å². The maximum absolute atomic E-state index is 13.1. The lowest BCUT2D eigenvalue weighted by molar-refractivity contribution is -0.141. The molecule has 3 rings (SSSR count). The van der Waals surface area contributed by atoms with Crippen LogP contribution in [0.15, 0.2) is 24.3 Å². The van der Waals surface area contributed by atoms with Crippen molar-refractivity contribution in [1.82, 2.24) is 4.90 Å². The van der Waals surface area contributed by atoms with E-state index in [1.54, 1.807) is 0 Å². The molecule has 0 unspecified atom stereocenters. The number of likely N-dealkylation sites (tertiary alicyclic amines) is 1. The normalized spacial score (nSPS) is 28.4. The minimum atomic E-state index is -1.82. The molecule has 2 aliphatic rings. The molecule has 0 bridgehead atoms. The van der Waals surface area contributed by atoms with E-state index in [0.29, 0.717) is 12.8 Å². The van der Waals surface area contributed by atoms with Gasteiger partial charge in [-0.05, 0) is 18.1 Å². The van der Waals surface area contributed by atoms with Gasteiger partial charge in [0.05, 0.1) is 15.2 Å². The van der Waals surface area contributed by atoms with Gasteiger partial charge in [0, 0.05) is 30.1 Å². The van der Waals surface area contributed by atoms with Crippen molar-refractivity contribution in [2.45, 2.75) is 49.6 Å². The molecule has 6 heteroatoms. The third-order valence-corrected chi connectivity index (χ3v) is 8.04. The molecule has 24 heavy (non-hydrogen) atoms. The van der Waals surface area contributed by atoms with Gasteiger partial charge in [-0.2, -0.15) is 0 Å². The Labute approximate surface area is 144 Å². The summed E-state index contributed by atoms with van der Waals surface area (Å²) in [5, 5.41) is 3.54. The number of hydrogen-bond donors (Lipinski definition) is 1. The number of hydrogen-bond acceptors (Lipinski definition) is 4. The minimum Gasteiger partial charge on any atom is -0.469 e. The Hall–Kier alpha value is -1.82. The highest BCUT2D eigenvalue weighted by Gasteiger charge is 2.65. The topological polar surface area (TPSA) is 58.6 Å². The third kappa shape index (κ3) is 2.27. The van der Waals surface area contributed by atoms with Crippen molar-refractivity contribution in [2.75, 3.05) is 19.5 Å². The van der Waals surface area contributed by atoms with E-state index in [1.807, 2.05) is 24.1 Å². The molecule has 2 heterocycles. The van der Waals surface area contributed by atoms with Gasteiger partial charge in [0.25, 0.3) is 0 Å². The van der Waals surface area contributed by atoms with Crippen LogP contribution in [0.3, 0.4) is 0 Å². The number of likely N-dealkylation sites (N-methyl/N-ethyl adjacent to an activating group) is 1. The van der Waals surface area contributed by atoms with Gasteiger partial charge in [-0.1, -0.05) is 37.8 Å². The number of benzene rings is 1. The molecule has 3 atom stereocenters. The van der Waals surface area contributed by atoms with Gasteiger partial charge in [0.2, 0.25) is 5.91 Å². The van der Waals surface area contributed by atoms with Crippen LogP contribution in [0.25, 0.3) is 0 Å². The molecule has 0 saturated carbocycles. The Morgan fingerprint density at radius 2 is 2.00 bits per heavy atom. The second-order valence-corrected chi connectivity index (χ2v) is 13.3. The van der Waals surface area contributed by atoms with Gasteiger partial charge < -0.3 is 15.0 Å². The molecule has 1 aromatic carbocycles. The first-order chi connectivity index (χ1) is 11.2. The summed E-state index contributed by atoms with van der Waals surface area (Å²) in [4.78, 5) is 26.8. The minimum absolute atomic E-state index is 0.0548. The molecule has 0 aliphatic carbocycles. The van der Waals surface area contributed by atoms with Gasteiger partial charge in [0.15, 0.2) is 0 Å². The summed E-state index contributed by atoms with van der Waals surface area (Å²) in [6.07, 6.45) is 0.855. The van der Waals surface area contributed by atoms with E-state index in [1.165, 1.54) is 12.7 Å². The lowest BCUT2D eigenvalue weighted by atomic mass is 9.75. The van der Waals surface area contributed by atoms with E-state index in [-0.39, 0.29) is 29.0 Å². The fourth-order valence-electron chi connectivity index (χ4n) is 4.72. The van der Waals surface area contributed by atoms with Crippen molar-refractivity contribution in [3.05, 3.63) is 29.8 Å². The van der Waals surface area contributed by atoms with Crippen LogP contribution in [-0.4, -0.2) is 45.2 Å². The number of ether oxygens (including phenoxy) is 1. The number of amides is 1. The number of anilines is 1. The molecule has 1 fully saturated rings. The summed E-state index contributed by atoms with van der Waals surface area (Å²) >= 11 is 0. The van der Waals surface area contributed by atoms with Crippen molar-refractivity contribution in [3.63, 3.8) is 0 Å². The van der Waals surface area contributed by atoms with Crippen LogP contribution in [-0.2, 0) is 19.7 Å². The number of para-hydroxylation sites is 1. The van der Waals surface area contributed by atoms with Crippen LogP contribution in [0.5, 0.6) is 0 Å². The maximum Gasteiger partial charge on any atom is 0.305 e. The van der Waals surface area contributed by atoms with Gasteiger partial charge in [-0.3, -0.25) is 9.59 Å². The number of esters is 1. The second-order valence-electron chi connectivity index (χ2n) is 7.96. The molecule has 0 spiro atoms. The molecular weight excluding hydrogens is 320 g/mol. The molecule has 1 aromatic rings. The summed E-state index contributed by atoms with van der Waals surface area (Å²) in [5.41, 5.74) is 1.83. The predicted octanol–water partition coefficient (Wildman–Crippen LogP) is 2.81. The van der Waals surface area contributed by atoms with E-state index < -0.39 is 8.07 Å². The van der Waals surface area contributed by atoms with E-state index in [4.69, 9.17) is 4.74 Å². The summed E-state index contributed by atoms with van der Waals surface area (Å²) in [7, 11) is 1.47. The highest BCUT2D eigenvalue weighted by Crippen LogP contribution is 2.59. The fraction of sp³-hybridized carbons (Fsp3) is 0.556. The molecule has 1 saturated heterocycles. The number of carbonyl (C=O) groups is 2. The summed E-state index contributed by atoms with van der Waals surface area (Å²) < 4.78 is 4.87. The first-order valence-corrected chi connectivity index (χ1v) is 12.0. The smallest absolute Gasteiger partial charge is 0.305 e. The van der Waals surface area contributed by atoms with E-state index >= 15 is 0 Å². The van der Waals surface area contributed by atoms with E-state index in [9.17, 15) is 9.59 Å². The number of nitrogens with one attached hydrogen (secondary N) is 1. The number of nitrogens with zero attached hydrogens (tertiary/aromatic N) is 1. The quantitative estimate of drug-likeness (QED) is 0.673. The highest BCUT2D eigenvalue weighted by molar-refractivity contribution is 6.81. The Bertz CT molecular complexity index is 685. The SMILES string of the molecule is COC(=O)CC[C@]12c3ccccc3N[C@H]1N(C)C(=O)[C@H]2[Si](C)(C)C. The highest BCUT2D eigenvalue weighted by atomic mass is 28.3. The zero-order chi connectivity index (χ0) is 17.7. The standard InChI is InChI=1S/C18H26N2O3Si/c1-20-16(22)15(24(3,4)5)18(11-10-14(21)23-2)12-8-6-7-9-13(12)19-17(18)20/h6-9,15,17,19H,10-11H2,1-5H3/t15-,17+,18-/m1/s1. The molecule has 1 amide bonds. The number of fused-ring (bicyclic) bond motifs is 3. The lowest BCUT2D eigenvalue weighted by Crippen LogP contribution is -2.47. The fourth-order valence-corrected chi connectivity index (χ4v) is 7.66. The van der Waals surface area contributed by atoms with Crippen molar-refractivity contribution < 1.29 is 14.3 Å². The summed E-state index contributed by atoms with van der Waals surface area (Å²) in [6, 6.07) is 8.20. The van der Waals surface area contributed by atoms with Crippen LogP contribution in [0.1, 0.15) is 18.4 Å². The van der Waals surface area contributed by atoms with Gasteiger partial charge in [0.1, 0.15) is 6.17 Å². The van der Waals surface area contributed by atoms with Crippen molar-refractivity contribution in [3.8, 4) is 0 Å². The molecule has 0 radical (unpaired) electrons. The second kappa shape index (κ2) is 5.62. The van der Waals surface area contributed by atoms with Crippen LogP contribution in [0.4, 0.5) is 5.69 Å². The largest absolute Gasteiger partial charge is 0.469 e. The summed E-state index contributed by atoms with van der Waals surface area (Å²) in [6.45, 7) is 6.73. The van der Waals surface area contributed by atoms with Crippen LogP contribution < -0.4 is 5.32 Å². The average Bonchev–Trinajstić information content (AvgIpc) is 2.96. The monoisotopic (exact) mass is 346 g/mol. The zero-order valence-electron chi connectivity index (χ0n) is 15.1. The number of rotatable bonds is 4. The molecular formula is C18H26N2O3Si. The van der Waals surface area contributed by atoms with Crippen LogP contribution in [0, 0.1) is 0 Å². The Kier molecular flexibility index (Phi) is 3.98. The molecule has 1 N–H and O–H groups in total. The number of carbonyl (C=O) groups excluding carboxylic acids is 2. The maximum atomic E-state index is 13.1. The third-order valence-electron chi connectivity index (χ3n) is 5.54. The zero-order valence-corrected chi connectivity index (χ0v) is 16.1. The molecule has 0 aromatic heterocycles. The predicted molar refractivity (Wildman–Crippen MR) is 96.6 cm³/mol. The Morgan fingerprint density at radius 3 is 2.62 bits per heavy atom. The van der Waals surface area contributed by atoms with Gasteiger partial charge in [-0.25, -0.2) is 0 Å². The molecule has 5 nitrogen and oxygen atoms in total. The first-order valence-electron chi connectivity index (χ1n) is 8.43.